The van der Waals surface area contributed by atoms with Gasteiger partial charge in [0.25, 0.3) is 5.56 Å². The number of hydrogen-bond acceptors (Lipinski definition) is 5. The third kappa shape index (κ3) is 5.08. The van der Waals surface area contributed by atoms with Gasteiger partial charge in [-0.25, -0.2) is 9.20 Å². The molecule has 176 valence electrons. The van der Waals surface area contributed by atoms with Gasteiger partial charge in [-0.15, -0.1) is 0 Å². The maximum Gasteiger partial charge on any atom is 0.416 e. The lowest BCUT2D eigenvalue weighted by Gasteiger charge is -2.10. The van der Waals surface area contributed by atoms with Gasteiger partial charge in [0, 0.05) is 12.1 Å². The van der Waals surface area contributed by atoms with Gasteiger partial charge in [0.1, 0.15) is 24.1 Å². The molecular weight excluding hydrogens is 451 g/mol. The summed E-state index contributed by atoms with van der Waals surface area (Å²) < 4.78 is 46.2. The summed E-state index contributed by atoms with van der Waals surface area (Å²) in [6.07, 6.45) is -3.16. The van der Waals surface area contributed by atoms with Crippen molar-refractivity contribution >= 4 is 11.4 Å². The van der Waals surface area contributed by atoms with Gasteiger partial charge in [-0.1, -0.05) is 12.1 Å². The lowest BCUT2D eigenvalue weighted by atomic mass is 10.1. The Morgan fingerprint density at radius 3 is 2.59 bits per heavy atom. The van der Waals surface area contributed by atoms with E-state index in [2.05, 4.69) is 15.5 Å². The average Bonchev–Trinajstić information content (AvgIpc) is 3.25. The van der Waals surface area contributed by atoms with Crippen molar-refractivity contribution in [1.82, 2.24) is 24.7 Å². The summed E-state index contributed by atoms with van der Waals surface area (Å²) >= 11 is 0. The zero-order valence-electron chi connectivity index (χ0n) is 18.0. The van der Waals surface area contributed by atoms with Crippen LogP contribution >= 0.6 is 0 Å². The first kappa shape index (κ1) is 23.0. The molecule has 8 nitrogen and oxygen atoms in total. The smallest absolute Gasteiger partial charge is 0.416 e. The summed E-state index contributed by atoms with van der Waals surface area (Å²) in [6, 6.07) is 13.5. The minimum Gasteiger partial charge on any atom is -0.494 e. The molecule has 2 aromatic carbocycles. The zero-order chi connectivity index (χ0) is 24.3. The predicted molar refractivity (Wildman–Crippen MR) is 117 cm³/mol. The number of carbonyl (C=O) groups excluding carboxylic acids is 1. The Morgan fingerprint density at radius 2 is 1.88 bits per heavy atom. The molecule has 0 unspecified atom stereocenters. The van der Waals surface area contributed by atoms with Gasteiger partial charge in [-0.3, -0.25) is 9.59 Å². The van der Waals surface area contributed by atoms with E-state index in [1.807, 2.05) is 19.1 Å². The maximum absolute atomic E-state index is 12.8. The molecule has 11 heteroatoms. The topological polar surface area (TPSA) is 90.5 Å². The van der Waals surface area contributed by atoms with Crippen molar-refractivity contribution in [1.29, 1.82) is 0 Å². The quantitative estimate of drug-likeness (QED) is 0.447. The van der Waals surface area contributed by atoms with Crippen molar-refractivity contribution in [3.05, 3.63) is 82.4 Å². The molecule has 0 aliphatic rings. The van der Waals surface area contributed by atoms with Crippen molar-refractivity contribution in [3.8, 4) is 17.0 Å². The number of aromatic nitrogens is 4. The summed E-state index contributed by atoms with van der Waals surface area (Å²) in [5.41, 5.74) is 0.512. The highest BCUT2D eigenvalue weighted by atomic mass is 19.4. The predicted octanol–water partition coefficient (Wildman–Crippen LogP) is 3.29. The van der Waals surface area contributed by atoms with Crippen LogP contribution < -0.4 is 15.6 Å². The molecule has 0 atom stereocenters. The van der Waals surface area contributed by atoms with Crippen molar-refractivity contribution in [2.24, 2.45) is 0 Å². The fraction of sp³-hybridized carbons (Fsp3) is 0.217. The molecule has 2 heterocycles. The number of rotatable bonds is 7. The van der Waals surface area contributed by atoms with Crippen LogP contribution in [0.2, 0.25) is 0 Å². The molecule has 1 amide bonds. The third-order valence-electron chi connectivity index (χ3n) is 4.99. The molecule has 4 aromatic rings. The van der Waals surface area contributed by atoms with E-state index < -0.39 is 29.8 Å². The molecular formula is C23H20F3N5O3. The molecule has 0 fully saturated rings. The molecule has 0 bridgehead atoms. The third-order valence-corrected chi connectivity index (χ3v) is 4.99. The second kappa shape index (κ2) is 9.38. The standard InChI is InChI=1S/C23H20F3N5O3/c1-2-34-18-8-6-16(7-9-18)19-11-20-22(33)30(28-14-31(20)29-19)13-21(32)27-12-15-4-3-5-17(10-15)23(24,25)26/h3-11,14H,2,12-13H2,1H3,(H,27,32). The van der Waals surface area contributed by atoms with E-state index >= 15 is 0 Å². The molecule has 0 radical (unpaired) electrons. The maximum atomic E-state index is 12.8. The number of nitrogens with one attached hydrogen (secondary N) is 1. The van der Waals surface area contributed by atoms with E-state index in [0.717, 1.165) is 28.1 Å². The highest BCUT2D eigenvalue weighted by Crippen LogP contribution is 2.29. The van der Waals surface area contributed by atoms with Crippen molar-refractivity contribution in [2.75, 3.05) is 6.61 Å². The molecule has 0 spiro atoms. The van der Waals surface area contributed by atoms with Crippen LogP contribution in [0, 0.1) is 0 Å². The Morgan fingerprint density at radius 1 is 1.12 bits per heavy atom. The van der Waals surface area contributed by atoms with Crippen LogP contribution in [-0.4, -0.2) is 31.9 Å². The number of amides is 1. The van der Waals surface area contributed by atoms with E-state index in [4.69, 9.17) is 4.74 Å². The van der Waals surface area contributed by atoms with Crippen LogP contribution in [0.4, 0.5) is 13.2 Å². The number of halogens is 3. The molecule has 4 rings (SSSR count). The fourth-order valence-corrected chi connectivity index (χ4v) is 3.33. The second-order valence-corrected chi connectivity index (χ2v) is 7.39. The number of hydrogen-bond donors (Lipinski definition) is 1. The summed E-state index contributed by atoms with van der Waals surface area (Å²) in [5, 5.41) is 10.8. The lowest BCUT2D eigenvalue weighted by molar-refractivity contribution is -0.137. The molecule has 34 heavy (non-hydrogen) atoms. The number of benzene rings is 2. The van der Waals surface area contributed by atoms with Gasteiger partial charge in [0.2, 0.25) is 5.91 Å². The SMILES string of the molecule is CCOc1ccc(-c2cc3c(=O)n(CC(=O)NCc4cccc(C(F)(F)F)c4)ncn3n2)cc1. The number of nitrogens with zero attached hydrogens (tertiary/aromatic N) is 4. The largest absolute Gasteiger partial charge is 0.494 e. The molecule has 2 aromatic heterocycles. The normalized spacial score (nSPS) is 11.5. The van der Waals surface area contributed by atoms with Crippen molar-refractivity contribution in [3.63, 3.8) is 0 Å². The van der Waals surface area contributed by atoms with E-state index in [9.17, 15) is 22.8 Å². The number of fused-ring (bicyclic) bond motifs is 1. The van der Waals surface area contributed by atoms with Crippen LogP contribution in [0.3, 0.4) is 0 Å². The minimum atomic E-state index is -4.47. The van der Waals surface area contributed by atoms with Crippen molar-refractivity contribution < 1.29 is 22.7 Å². The van der Waals surface area contributed by atoms with Gasteiger partial charge in [0.15, 0.2) is 0 Å². The Labute approximate surface area is 191 Å². The lowest BCUT2D eigenvalue weighted by Crippen LogP contribution is -2.34. The highest BCUT2D eigenvalue weighted by Gasteiger charge is 2.30. The van der Waals surface area contributed by atoms with E-state index in [0.29, 0.717) is 12.3 Å². The van der Waals surface area contributed by atoms with Gasteiger partial charge in [-0.05, 0) is 55.0 Å². The van der Waals surface area contributed by atoms with Crippen LogP contribution in [0.25, 0.3) is 16.8 Å². The van der Waals surface area contributed by atoms with Gasteiger partial charge < -0.3 is 10.1 Å². The molecule has 0 saturated heterocycles. The molecule has 0 saturated carbocycles. The van der Waals surface area contributed by atoms with Crippen LogP contribution in [0.15, 0.2) is 65.7 Å². The van der Waals surface area contributed by atoms with Gasteiger partial charge in [0.05, 0.1) is 17.9 Å². The average molecular weight is 471 g/mol. The Hall–Kier alpha value is -4.15. The van der Waals surface area contributed by atoms with Gasteiger partial charge >= 0.3 is 6.18 Å². The number of carbonyl (C=O) groups is 1. The van der Waals surface area contributed by atoms with Crippen LogP contribution in [-0.2, 0) is 24.1 Å². The first-order valence-corrected chi connectivity index (χ1v) is 10.4. The van der Waals surface area contributed by atoms with Crippen molar-refractivity contribution in [2.45, 2.75) is 26.2 Å². The molecule has 1 N–H and O–H groups in total. The fourth-order valence-electron chi connectivity index (χ4n) is 3.33. The molecule has 0 aliphatic carbocycles. The van der Waals surface area contributed by atoms with E-state index in [1.165, 1.54) is 23.0 Å². The summed E-state index contributed by atoms with van der Waals surface area (Å²) in [5.74, 6) is 0.151. The zero-order valence-corrected chi connectivity index (χ0v) is 18.0. The Balaban J connectivity index is 1.47. The van der Waals surface area contributed by atoms with Gasteiger partial charge in [-0.2, -0.15) is 23.4 Å². The summed E-state index contributed by atoms with van der Waals surface area (Å²) in [7, 11) is 0. The Kier molecular flexibility index (Phi) is 6.35. The summed E-state index contributed by atoms with van der Waals surface area (Å²) in [4.78, 5) is 25.1. The monoisotopic (exact) mass is 471 g/mol. The summed E-state index contributed by atoms with van der Waals surface area (Å²) in [6.45, 7) is 1.93. The first-order chi connectivity index (χ1) is 16.2. The van der Waals surface area contributed by atoms with E-state index in [-0.39, 0.29) is 17.6 Å². The van der Waals surface area contributed by atoms with Crippen LogP contribution in [0.5, 0.6) is 5.75 Å². The van der Waals surface area contributed by atoms with Crippen LogP contribution in [0.1, 0.15) is 18.1 Å². The van der Waals surface area contributed by atoms with E-state index in [1.54, 1.807) is 18.2 Å². The first-order valence-electron chi connectivity index (χ1n) is 10.4. The second-order valence-electron chi connectivity index (χ2n) is 7.39. The molecule has 0 aliphatic heterocycles. The highest BCUT2D eigenvalue weighted by molar-refractivity contribution is 5.75. The Bertz CT molecular complexity index is 1380. The number of alkyl halides is 3. The minimum absolute atomic E-state index is 0.117. The number of ether oxygens (including phenoxy) is 1.